The summed E-state index contributed by atoms with van der Waals surface area (Å²) >= 11 is 1.23. The molecule has 6 heteroatoms. The van der Waals surface area contributed by atoms with Gasteiger partial charge in [-0.1, -0.05) is 36.9 Å². The number of hydrogen-bond acceptors (Lipinski definition) is 6. The molecule has 29 heavy (non-hydrogen) atoms. The van der Waals surface area contributed by atoms with Crippen molar-refractivity contribution < 1.29 is 9.21 Å². The number of nitrogens with zero attached hydrogens (tertiary/aromatic N) is 2. The molecule has 0 aliphatic heterocycles. The summed E-state index contributed by atoms with van der Waals surface area (Å²) in [5.41, 5.74) is 3.74. The third-order valence-corrected chi connectivity index (χ3v) is 6.27. The van der Waals surface area contributed by atoms with E-state index < -0.39 is 5.63 Å². The average Bonchev–Trinajstić information content (AvgIpc) is 2.76. The van der Waals surface area contributed by atoms with Crippen LogP contribution < -0.4 is 5.63 Å². The van der Waals surface area contributed by atoms with Crippen molar-refractivity contribution in [3.63, 3.8) is 0 Å². The number of carbonyl (C=O) groups excluding carboxylic acids is 1. The zero-order valence-electron chi connectivity index (χ0n) is 16.2. The summed E-state index contributed by atoms with van der Waals surface area (Å²) in [6.45, 7) is 2.06. The lowest BCUT2D eigenvalue weighted by Gasteiger charge is -2.21. The molecule has 0 fully saturated rings. The predicted molar refractivity (Wildman–Crippen MR) is 113 cm³/mol. The highest BCUT2D eigenvalue weighted by molar-refractivity contribution is 8.00. The van der Waals surface area contributed by atoms with E-state index in [1.165, 1.54) is 17.3 Å². The van der Waals surface area contributed by atoms with E-state index >= 15 is 0 Å². The molecule has 0 saturated carbocycles. The second-order valence-electron chi connectivity index (χ2n) is 7.07. The molecule has 1 aromatic carbocycles. The molecular weight excluding hydrogens is 384 g/mol. The number of carbonyl (C=O) groups is 1. The molecule has 0 atom stereocenters. The summed E-state index contributed by atoms with van der Waals surface area (Å²) < 4.78 is 5.27. The molecule has 1 aliphatic carbocycles. The molecule has 5 nitrogen and oxygen atoms in total. The van der Waals surface area contributed by atoms with Crippen molar-refractivity contribution in [2.45, 2.75) is 44.1 Å². The lowest BCUT2D eigenvalue weighted by atomic mass is 9.87. The van der Waals surface area contributed by atoms with Crippen LogP contribution in [0.3, 0.4) is 0 Å². The summed E-state index contributed by atoms with van der Waals surface area (Å²) in [4.78, 5) is 29.7. The highest BCUT2D eigenvalue weighted by Crippen LogP contribution is 2.32. The van der Waals surface area contributed by atoms with Gasteiger partial charge in [-0.15, -0.1) is 0 Å². The van der Waals surface area contributed by atoms with Crippen LogP contribution in [0.25, 0.3) is 11.0 Å². The number of thioether (sulfide) groups is 1. The minimum atomic E-state index is -0.637. The van der Waals surface area contributed by atoms with Crippen LogP contribution in [0, 0.1) is 11.3 Å². The molecule has 2 heterocycles. The summed E-state index contributed by atoms with van der Waals surface area (Å²) in [6, 6.07) is 11.0. The number of benzene rings is 1. The highest BCUT2D eigenvalue weighted by atomic mass is 32.2. The first-order valence-corrected chi connectivity index (χ1v) is 10.7. The molecule has 0 N–H and O–H groups in total. The molecule has 2 aromatic heterocycles. The Morgan fingerprint density at radius 3 is 2.76 bits per heavy atom. The largest absolute Gasteiger partial charge is 0.422 e. The average molecular weight is 404 g/mol. The van der Waals surface area contributed by atoms with Gasteiger partial charge >= 0.3 is 5.63 Å². The molecule has 1 aliphatic rings. The Bertz CT molecular complexity index is 1210. The van der Waals surface area contributed by atoms with Crippen LogP contribution in [0.4, 0.5) is 0 Å². The molecule has 0 saturated heterocycles. The molecule has 4 rings (SSSR count). The minimum absolute atomic E-state index is 0.0309. The standard InChI is InChI=1S/C23H20N2O3S/c1-2-19-16-9-5-4-8-15(16)18(12-24)22(25-19)29-13-20(26)17-11-14-7-3-6-10-21(14)28-23(17)27/h3,6-7,10-11H,2,4-5,8-9,13H2,1H3. The van der Waals surface area contributed by atoms with Crippen LogP contribution in [-0.2, 0) is 19.3 Å². The van der Waals surface area contributed by atoms with Crippen molar-refractivity contribution in [2.24, 2.45) is 0 Å². The highest BCUT2D eigenvalue weighted by Gasteiger charge is 2.23. The number of rotatable bonds is 5. The number of fused-ring (bicyclic) bond motifs is 2. The second-order valence-corrected chi connectivity index (χ2v) is 8.03. The maximum absolute atomic E-state index is 12.7. The summed E-state index contributed by atoms with van der Waals surface area (Å²) in [5.74, 6) is -0.289. The van der Waals surface area contributed by atoms with Crippen molar-refractivity contribution in [3.8, 4) is 6.07 Å². The number of hydrogen-bond donors (Lipinski definition) is 0. The number of nitriles is 1. The van der Waals surface area contributed by atoms with Gasteiger partial charge in [-0.05, 0) is 55.4 Å². The number of aromatic nitrogens is 1. The Hall–Kier alpha value is -2.91. The van der Waals surface area contributed by atoms with E-state index in [1.807, 2.05) is 6.07 Å². The van der Waals surface area contributed by atoms with Crippen LogP contribution in [0.2, 0.25) is 0 Å². The monoisotopic (exact) mass is 404 g/mol. The summed E-state index contributed by atoms with van der Waals surface area (Å²) in [6.07, 6.45) is 4.82. The zero-order chi connectivity index (χ0) is 20.4. The van der Waals surface area contributed by atoms with Gasteiger partial charge in [-0.2, -0.15) is 5.26 Å². The molecule has 0 amide bonds. The van der Waals surface area contributed by atoms with E-state index in [2.05, 4.69) is 13.0 Å². The Kier molecular flexibility index (Phi) is 5.50. The van der Waals surface area contributed by atoms with E-state index in [9.17, 15) is 14.9 Å². The lowest BCUT2D eigenvalue weighted by Crippen LogP contribution is -2.16. The van der Waals surface area contributed by atoms with Gasteiger partial charge in [0.2, 0.25) is 0 Å². The molecular formula is C23H20N2O3S. The molecule has 0 spiro atoms. The van der Waals surface area contributed by atoms with Crippen molar-refractivity contribution in [2.75, 3.05) is 5.75 Å². The third kappa shape index (κ3) is 3.70. The van der Waals surface area contributed by atoms with Crippen molar-refractivity contribution >= 4 is 28.5 Å². The van der Waals surface area contributed by atoms with Crippen molar-refractivity contribution in [1.29, 1.82) is 5.26 Å². The van der Waals surface area contributed by atoms with E-state index in [0.29, 0.717) is 21.6 Å². The molecule has 3 aromatic rings. The van der Waals surface area contributed by atoms with E-state index in [-0.39, 0.29) is 17.1 Å². The predicted octanol–water partition coefficient (Wildman–Crippen LogP) is 4.48. The van der Waals surface area contributed by atoms with Gasteiger partial charge in [-0.25, -0.2) is 9.78 Å². The molecule has 0 bridgehead atoms. The quantitative estimate of drug-likeness (QED) is 0.354. The number of pyridine rings is 1. The van der Waals surface area contributed by atoms with Crippen LogP contribution >= 0.6 is 11.8 Å². The number of aryl methyl sites for hydroxylation is 1. The first kappa shape index (κ1) is 19.4. The maximum atomic E-state index is 12.7. The second kappa shape index (κ2) is 8.22. The Morgan fingerprint density at radius 2 is 2.00 bits per heavy atom. The first-order chi connectivity index (χ1) is 14.1. The normalized spacial score (nSPS) is 13.1. The Balaban J connectivity index is 1.64. The topological polar surface area (TPSA) is 84.0 Å². The fourth-order valence-corrected chi connectivity index (χ4v) is 4.77. The fraction of sp³-hybridized carbons (Fsp3) is 0.304. The Morgan fingerprint density at radius 1 is 1.24 bits per heavy atom. The maximum Gasteiger partial charge on any atom is 0.347 e. The minimum Gasteiger partial charge on any atom is -0.422 e. The number of Topliss-reactive ketones (excluding diaryl/α,β-unsaturated/α-hetero) is 1. The van der Waals surface area contributed by atoms with Crippen LogP contribution in [-0.4, -0.2) is 16.5 Å². The lowest BCUT2D eigenvalue weighted by molar-refractivity contribution is 0.101. The first-order valence-electron chi connectivity index (χ1n) is 9.76. The SMILES string of the molecule is CCc1nc(SCC(=O)c2cc3ccccc3oc2=O)c(C#N)c2c1CCCC2. The van der Waals surface area contributed by atoms with Crippen LogP contribution in [0.1, 0.15) is 52.5 Å². The fourth-order valence-electron chi connectivity index (χ4n) is 3.85. The summed E-state index contributed by atoms with van der Waals surface area (Å²) in [5, 5.41) is 11.0. The van der Waals surface area contributed by atoms with Gasteiger partial charge in [0.25, 0.3) is 0 Å². The molecule has 0 radical (unpaired) electrons. The Labute approximate surface area is 172 Å². The summed E-state index contributed by atoms with van der Waals surface area (Å²) in [7, 11) is 0. The van der Waals surface area contributed by atoms with E-state index in [4.69, 9.17) is 9.40 Å². The number of para-hydroxylation sites is 1. The van der Waals surface area contributed by atoms with Gasteiger partial charge in [-0.3, -0.25) is 4.79 Å². The molecule has 0 unspecified atom stereocenters. The van der Waals surface area contributed by atoms with Crippen LogP contribution in [0.5, 0.6) is 0 Å². The van der Waals surface area contributed by atoms with Gasteiger partial charge < -0.3 is 4.42 Å². The van der Waals surface area contributed by atoms with E-state index in [1.54, 1.807) is 24.3 Å². The van der Waals surface area contributed by atoms with Crippen molar-refractivity contribution in [3.05, 3.63) is 68.7 Å². The van der Waals surface area contributed by atoms with Crippen LogP contribution in [0.15, 0.2) is 44.6 Å². The van der Waals surface area contributed by atoms with Gasteiger partial charge in [0.1, 0.15) is 22.2 Å². The van der Waals surface area contributed by atoms with E-state index in [0.717, 1.165) is 43.4 Å². The van der Waals surface area contributed by atoms with Gasteiger partial charge in [0, 0.05) is 11.1 Å². The third-order valence-electron chi connectivity index (χ3n) is 5.30. The molecule has 146 valence electrons. The van der Waals surface area contributed by atoms with Gasteiger partial charge in [0.05, 0.1) is 11.3 Å². The van der Waals surface area contributed by atoms with Gasteiger partial charge in [0.15, 0.2) is 5.78 Å². The smallest absolute Gasteiger partial charge is 0.347 e. The van der Waals surface area contributed by atoms with Crippen molar-refractivity contribution in [1.82, 2.24) is 4.98 Å². The zero-order valence-corrected chi connectivity index (χ0v) is 17.0. The number of ketones is 1.